The topological polar surface area (TPSA) is 57.3 Å². The molecular weight excluding hydrogens is 338 g/mol. The number of anilines is 1. The molecule has 6 heteroatoms. The molecule has 24 heavy (non-hydrogen) atoms. The molecule has 2 aromatic rings. The van der Waals surface area contributed by atoms with Crippen molar-refractivity contribution in [1.29, 1.82) is 5.26 Å². The van der Waals surface area contributed by atoms with Gasteiger partial charge in [0.15, 0.2) is 6.54 Å². The minimum atomic E-state index is 0.0323. The lowest BCUT2D eigenvalue weighted by Crippen LogP contribution is -3.11. The molecule has 1 fully saturated rings. The van der Waals surface area contributed by atoms with E-state index in [-0.39, 0.29) is 5.91 Å². The molecule has 1 saturated heterocycles. The first kappa shape index (κ1) is 15.8. The molecule has 2 aliphatic rings. The number of aryl methyl sites for hydroxylation is 1. The minimum Gasteiger partial charge on any atom is -0.320 e. The van der Waals surface area contributed by atoms with Crippen molar-refractivity contribution in [3.8, 4) is 6.07 Å². The molecule has 2 atom stereocenters. The lowest BCUT2D eigenvalue weighted by atomic mass is 10.1. The van der Waals surface area contributed by atoms with E-state index in [1.165, 1.54) is 26.6 Å². The Labute approximate surface area is 149 Å². The Morgan fingerprint density at radius 1 is 1.42 bits per heavy atom. The second-order valence-electron chi connectivity index (χ2n) is 6.52. The fourth-order valence-corrected chi connectivity index (χ4v) is 6.12. The SMILES string of the molecule is N#Cc1c(NC(=O)C[NH+]2CCC[C@H]2c2cccs2)sc2c1CCC2. The quantitative estimate of drug-likeness (QED) is 0.882. The van der Waals surface area contributed by atoms with Gasteiger partial charge in [0, 0.05) is 17.7 Å². The number of nitrogens with zero attached hydrogens (tertiary/aromatic N) is 1. The first-order valence-electron chi connectivity index (χ1n) is 8.48. The number of nitrogens with one attached hydrogen (secondary N) is 2. The monoisotopic (exact) mass is 358 g/mol. The van der Waals surface area contributed by atoms with Gasteiger partial charge in [-0.1, -0.05) is 6.07 Å². The van der Waals surface area contributed by atoms with Gasteiger partial charge in [-0.15, -0.1) is 22.7 Å². The molecule has 124 valence electrons. The Morgan fingerprint density at radius 2 is 2.33 bits per heavy atom. The number of carbonyl (C=O) groups excluding carboxylic acids is 1. The van der Waals surface area contributed by atoms with Crippen molar-refractivity contribution in [3.63, 3.8) is 0 Å². The van der Waals surface area contributed by atoms with E-state index in [0.717, 1.165) is 37.2 Å². The molecule has 4 nitrogen and oxygen atoms in total. The van der Waals surface area contributed by atoms with Gasteiger partial charge < -0.3 is 10.2 Å². The molecule has 1 aliphatic carbocycles. The molecule has 1 amide bonds. The second-order valence-corrected chi connectivity index (χ2v) is 8.60. The van der Waals surface area contributed by atoms with Crippen LogP contribution in [0.3, 0.4) is 0 Å². The van der Waals surface area contributed by atoms with E-state index >= 15 is 0 Å². The predicted molar refractivity (Wildman–Crippen MR) is 96.7 cm³/mol. The molecule has 2 aromatic heterocycles. The fraction of sp³-hybridized carbons (Fsp3) is 0.444. The van der Waals surface area contributed by atoms with Gasteiger partial charge in [0.25, 0.3) is 5.91 Å². The third-order valence-corrected chi connectivity index (χ3v) is 7.24. The standard InChI is InChI=1S/C18H19N3OS2/c19-10-13-12-4-1-6-15(12)24-18(13)20-17(22)11-21-8-2-5-14(21)16-7-3-9-23-16/h3,7,9,14H,1-2,4-6,8,11H2,(H,20,22)/p+1/t14-/m0/s1. The zero-order chi connectivity index (χ0) is 16.5. The predicted octanol–water partition coefficient (Wildman–Crippen LogP) is 2.53. The number of quaternary nitrogens is 1. The molecule has 0 radical (unpaired) electrons. The highest BCUT2D eigenvalue weighted by molar-refractivity contribution is 7.16. The van der Waals surface area contributed by atoms with Gasteiger partial charge in [0.1, 0.15) is 17.1 Å². The highest BCUT2D eigenvalue weighted by atomic mass is 32.1. The van der Waals surface area contributed by atoms with Crippen LogP contribution >= 0.6 is 22.7 Å². The molecule has 3 heterocycles. The maximum Gasteiger partial charge on any atom is 0.280 e. The normalized spacial score (nSPS) is 22.3. The Hall–Kier alpha value is -1.68. The van der Waals surface area contributed by atoms with Crippen LogP contribution in [0.25, 0.3) is 0 Å². The zero-order valence-corrected chi connectivity index (χ0v) is 15.1. The largest absolute Gasteiger partial charge is 0.320 e. The highest BCUT2D eigenvalue weighted by Gasteiger charge is 2.32. The fourth-order valence-electron chi connectivity index (χ4n) is 3.94. The molecule has 1 unspecified atom stereocenters. The van der Waals surface area contributed by atoms with Crippen molar-refractivity contribution in [2.75, 3.05) is 18.4 Å². The summed E-state index contributed by atoms with van der Waals surface area (Å²) in [6.07, 6.45) is 5.47. The van der Waals surface area contributed by atoms with Crippen LogP contribution in [0.15, 0.2) is 17.5 Å². The molecule has 1 aliphatic heterocycles. The van der Waals surface area contributed by atoms with E-state index < -0.39 is 0 Å². The van der Waals surface area contributed by atoms with Gasteiger partial charge in [0.2, 0.25) is 0 Å². The molecular formula is C18H20N3OS2+. The van der Waals surface area contributed by atoms with Gasteiger partial charge in [0.05, 0.1) is 17.0 Å². The summed E-state index contributed by atoms with van der Waals surface area (Å²) in [4.78, 5) is 16.6. The van der Waals surface area contributed by atoms with Gasteiger partial charge >= 0.3 is 0 Å². The van der Waals surface area contributed by atoms with Crippen LogP contribution < -0.4 is 10.2 Å². The summed E-state index contributed by atoms with van der Waals surface area (Å²) in [5.41, 5.74) is 1.87. The lowest BCUT2D eigenvalue weighted by molar-refractivity contribution is -0.910. The summed E-state index contributed by atoms with van der Waals surface area (Å²) in [5, 5.41) is 15.3. The Bertz CT molecular complexity index is 788. The maximum atomic E-state index is 12.5. The second kappa shape index (κ2) is 6.67. The number of nitriles is 1. The van der Waals surface area contributed by atoms with Crippen LogP contribution in [0.1, 0.15) is 46.2 Å². The number of hydrogen-bond donors (Lipinski definition) is 2. The number of fused-ring (bicyclic) bond motifs is 1. The molecule has 0 aromatic carbocycles. The van der Waals surface area contributed by atoms with E-state index in [4.69, 9.17) is 0 Å². The number of carbonyl (C=O) groups is 1. The molecule has 2 N–H and O–H groups in total. The van der Waals surface area contributed by atoms with Crippen LogP contribution in [0, 0.1) is 11.3 Å². The third-order valence-electron chi connectivity index (χ3n) is 5.04. The van der Waals surface area contributed by atoms with Crippen molar-refractivity contribution in [2.45, 2.75) is 38.1 Å². The van der Waals surface area contributed by atoms with Crippen LogP contribution in [0.2, 0.25) is 0 Å². The minimum absolute atomic E-state index is 0.0323. The van der Waals surface area contributed by atoms with Crippen molar-refractivity contribution in [3.05, 3.63) is 38.4 Å². The van der Waals surface area contributed by atoms with Gasteiger partial charge in [-0.2, -0.15) is 5.26 Å². The molecule has 0 saturated carbocycles. The average Bonchev–Trinajstić information content (AvgIpc) is 3.31. The molecule has 4 rings (SSSR count). The molecule has 0 spiro atoms. The number of amides is 1. The zero-order valence-electron chi connectivity index (χ0n) is 13.4. The Morgan fingerprint density at radius 3 is 3.12 bits per heavy atom. The third kappa shape index (κ3) is 2.88. The van der Waals surface area contributed by atoms with E-state index in [1.807, 2.05) is 0 Å². The van der Waals surface area contributed by atoms with E-state index in [2.05, 4.69) is 28.9 Å². The van der Waals surface area contributed by atoms with Crippen LogP contribution in [0.4, 0.5) is 5.00 Å². The number of likely N-dealkylation sites (tertiary alicyclic amines) is 1. The number of thiophene rings is 2. The smallest absolute Gasteiger partial charge is 0.280 e. The average molecular weight is 359 g/mol. The van der Waals surface area contributed by atoms with E-state index in [0.29, 0.717) is 18.2 Å². The summed E-state index contributed by atoms with van der Waals surface area (Å²) < 4.78 is 0. The van der Waals surface area contributed by atoms with Crippen LogP contribution in [0.5, 0.6) is 0 Å². The van der Waals surface area contributed by atoms with Crippen LogP contribution in [-0.2, 0) is 17.6 Å². The van der Waals surface area contributed by atoms with Crippen molar-refractivity contribution in [2.24, 2.45) is 0 Å². The van der Waals surface area contributed by atoms with E-state index in [9.17, 15) is 10.1 Å². The number of rotatable bonds is 4. The van der Waals surface area contributed by atoms with Crippen molar-refractivity contribution in [1.82, 2.24) is 0 Å². The first-order chi connectivity index (χ1) is 11.8. The van der Waals surface area contributed by atoms with Gasteiger partial charge in [-0.25, -0.2) is 0 Å². The lowest BCUT2D eigenvalue weighted by Gasteiger charge is -2.19. The first-order valence-corrected chi connectivity index (χ1v) is 10.2. The van der Waals surface area contributed by atoms with Gasteiger partial charge in [-0.3, -0.25) is 4.79 Å². The van der Waals surface area contributed by atoms with Gasteiger partial charge in [-0.05, 0) is 36.3 Å². The summed E-state index contributed by atoms with van der Waals surface area (Å²) in [6.45, 7) is 1.53. The summed E-state index contributed by atoms with van der Waals surface area (Å²) in [7, 11) is 0. The summed E-state index contributed by atoms with van der Waals surface area (Å²) >= 11 is 3.38. The van der Waals surface area contributed by atoms with Crippen LogP contribution in [-0.4, -0.2) is 19.0 Å². The number of hydrogen-bond acceptors (Lipinski definition) is 4. The Balaban J connectivity index is 1.45. The van der Waals surface area contributed by atoms with E-state index in [1.54, 1.807) is 22.7 Å². The summed E-state index contributed by atoms with van der Waals surface area (Å²) in [5.74, 6) is 0.0323. The van der Waals surface area contributed by atoms with Crippen molar-refractivity contribution >= 4 is 33.6 Å². The Kier molecular flexibility index (Phi) is 4.40. The summed E-state index contributed by atoms with van der Waals surface area (Å²) in [6, 6.07) is 7.00. The van der Waals surface area contributed by atoms with Crippen molar-refractivity contribution < 1.29 is 9.69 Å². The maximum absolute atomic E-state index is 12.5. The highest BCUT2D eigenvalue weighted by Crippen LogP contribution is 2.38. The molecule has 0 bridgehead atoms.